The van der Waals surface area contributed by atoms with Crippen molar-refractivity contribution in [2.75, 3.05) is 20.8 Å². The van der Waals surface area contributed by atoms with Crippen molar-refractivity contribution in [2.24, 2.45) is 0 Å². The fraction of sp³-hybridized carbons (Fsp3) is 0.389. The molecule has 0 saturated carbocycles. The van der Waals surface area contributed by atoms with Gasteiger partial charge in [-0.15, -0.1) is 0 Å². The molecule has 0 amide bonds. The fourth-order valence-electron chi connectivity index (χ4n) is 2.27. The van der Waals surface area contributed by atoms with Crippen LogP contribution < -0.4 is 9.47 Å². The van der Waals surface area contributed by atoms with Crippen LogP contribution in [-0.4, -0.2) is 30.8 Å². The van der Waals surface area contributed by atoms with Crippen molar-refractivity contribution in [1.29, 1.82) is 0 Å². The Kier molecular flexibility index (Phi) is 5.82. The van der Waals surface area contributed by atoms with Crippen molar-refractivity contribution in [3.8, 4) is 11.5 Å². The highest BCUT2D eigenvalue weighted by Gasteiger charge is 2.18. The summed E-state index contributed by atoms with van der Waals surface area (Å²) in [6.45, 7) is 9.08. The maximum absolute atomic E-state index is 5.91. The van der Waals surface area contributed by atoms with E-state index in [2.05, 4.69) is 23.6 Å². The van der Waals surface area contributed by atoms with Crippen LogP contribution in [0.25, 0.3) is 0 Å². The van der Waals surface area contributed by atoms with Crippen molar-refractivity contribution in [3.63, 3.8) is 0 Å². The lowest BCUT2D eigenvalue weighted by Crippen LogP contribution is -2.22. The molecule has 1 aromatic carbocycles. The molecule has 2 aromatic rings. The van der Waals surface area contributed by atoms with Crippen LogP contribution >= 0.6 is 0 Å². The minimum absolute atomic E-state index is 0.133. The first-order valence-electron chi connectivity index (χ1n) is 7.56. The average molecular weight is 316 g/mol. The zero-order valence-electron chi connectivity index (χ0n) is 14.2. The van der Waals surface area contributed by atoms with Gasteiger partial charge < -0.3 is 14.0 Å². The largest absolute Gasteiger partial charge is 0.493 e. The van der Waals surface area contributed by atoms with Gasteiger partial charge in [0.05, 0.1) is 13.2 Å². The minimum atomic E-state index is 0.133. The second-order valence-corrected chi connectivity index (χ2v) is 5.71. The second-order valence-electron chi connectivity index (χ2n) is 5.71. The number of rotatable bonds is 8. The predicted molar refractivity (Wildman–Crippen MR) is 89.7 cm³/mol. The molecule has 0 aliphatic carbocycles. The number of nitrogens with zero attached hydrogens (tertiary/aromatic N) is 2. The monoisotopic (exact) mass is 316 g/mol. The van der Waals surface area contributed by atoms with Crippen LogP contribution in [0, 0.1) is 0 Å². The van der Waals surface area contributed by atoms with Crippen molar-refractivity contribution in [2.45, 2.75) is 26.4 Å². The topological polar surface area (TPSA) is 47.7 Å². The summed E-state index contributed by atoms with van der Waals surface area (Å²) in [6.07, 6.45) is 1.59. The van der Waals surface area contributed by atoms with Crippen molar-refractivity contribution in [3.05, 3.63) is 53.9 Å². The Morgan fingerprint density at radius 2 is 2.17 bits per heavy atom. The molecule has 0 aliphatic rings. The van der Waals surface area contributed by atoms with E-state index in [-0.39, 0.29) is 6.04 Å². The van der Waals surface area contributed by atoms with Crippen LogP contribution in [0.3, 0.4) is 0 Å². The molecule has 0 bridgehead atoms. The van der Waals surface area contributed by atoms with Crippen LogP contribution in [-0.2, 0) is 6.54 Å². The zero-order chi connectivity index (χ0) is 16.8. The molecular formula is C18H24N2O3. The molecular weight excluding hydrogens is 292 g/mol. The van der Waals surface area contributed by atoms with Gasteiger partial charge in [-0.25, -0.2) is 0 Å². The number of para-hydroxylation sites is 1. The third-order valence-corrected chi connectivity index (χ3v) is 3.71. The summed E-state index contributed by atoms with van der Waals surface area (Å²) >= 11 is 0. The first-order valence-corrected chi connectivity index (χ1v) is 7.56. The lowest BCUT2D eigenvalue weighted by molar-refractivity contribution is 0.234. The smallest absolute Gasteiger partial charge is 0.166 e. The zero-order valence-corrected chi connectivity index (χ0v) is 14.2. The van der Waals surface area contributed by atoms with E-state index in [9.17, 15) is 0 Å². The quantitative estimate of drug-likeness (QED) is 0.693. The molecule has 0 saturated heterocycles. The number of ether oxygens (including phenoxy) is 2. The summed E-state index contributed by atoms with van der Waals surface area (Å²) < 4.78 is 16.3. The molecule has 124 valence electrons. The second kappa shape index (κ2) is 7.83. The van der Waals surface area contributed by atoms with E-state index < -0.39 is 0 Å². The Balaban J connectivity index is 2.19. The van der Waals surface area contributed by atoms with E-state index in [1.165, 1.54) is 0 Å². The Morgan fingerprint density at radius 3 is 2.78 bits per heavy atom. The van der Waals surface area contributed by atoms with Gasteiger partial charge in [0.2, 0.25) is 0 Å². The summed E-state index contributed by atoms with van der Waals surface area (Å²) in [5.41, 5.74) is 2.93. The summed E-state index contributed by atoms with van der Waals surface area (Å²) in [5, 5.41) is 4.01. The molecule has 1 aromatic heterocycles. The number of hydrogen-bond acceptors (Lipinski definition) is 5. The van der Waals surface area contributed by atoms with Gasteiger partial charge in [0.1, 0.15) is 18.6 Å². The molecule has 5 heteroatoms. The van der Waals surface area contributed by atoms with E-state index in [0.29, 0.717) is 13.2 Å². The first-order chi connectivity index (χ1) is 11.0. The summed E-state index contributed by atoms with van der Waals surface area (Å²) in [4.78, 5) is 2.18. The Bertz CT molecular complexity index is 638. The third kappa shape index (κ3) is 4.36. The van der Waals surface area contributed by atoms with E-state index in [1.54, 1.807) is 13.4 Å². The molecule has 0 aliphatic heterocycles. The van der Waals surface area contributed by atoms with Crippen molar-refractivity contribution in [1.82, 2.24) is 10.1 Å². The van der Waals surface area contributed by atoms with E-state index >= 15 is 0 Å². The van der Waals surface area contributed by atoms with Gasteiger partial charge in [-0.1, -0.05) is 23.9 Å². The molecule has 1 heterocycles. The first kappa shape index (κ1) is 17.1. The Hall–Kier alpha value is -2.27. The third-order valence-electron chi connectivity index (χ3n) is 3.71. The van der Waals surface area contributed by atoms with Crippen LogP contribution in [0.15, 0.2) is 47.2 Å². The van der Waals surface area contributed by atoms with Crippen molar-refractivity contribution < 1.29 is 14.0 Å². The maximum atomic E-state index is 5.91. The van der Waals surface area contributed by atoms with Gasteiger partial charge >= 0.3 is 0 Å². The fourth-order valence-corrected chi connectivity index (χ4v) is 2.27. The van der Waals surface area contributed by atoms with Gasteiger partial charge in [-0.05, 0) is 32.5 Å². The number of benzene rings is 1. The molecule has 0 unspecified atom stereocenters. The summed E-state index contributed by atoms with van der Waals surface area (Å²) in [7, 11) is 3.69. The number of methoxy groups -OCH3 is 1. The summed E-state index contributed by atoms with van der Waals surface area (Å²) in [6, 6.07) is 7.93. The van der Waals surface area contributed by atoms with Crippen LogP contribution in [0.4, 0.5) is 0 Å². The summed E-state index contributed by atoms with van der Waals surface area (Å²) in [5.74, 6) is 1.49. The van der Waals surface area contributed by atoms with Gasteiger partial charge in [0.15, 0.2) is 11.5 Å². The Labute approximate surface area is 137 Å². The molecule has 0 spiro atoms. The minimum Gasteiger partial charge on any atom is -0.493 e. The molecule has 1 atom stereocenters. The van der Waals surface area contributed by atoms with Crippen LogP contribution in [0.1, 0.15) is 31.1 Å². The molecule has 0 fully saturated rings. The van der Waals surface area contributed by atoms with Gasteiger partial charge in [-0.3, -0.25) is 4.90 Å². The molecule has 5 nitrogen and oxygen atoms in total. The van der Waals surface area contributed by atoms with Crippen LogP contribution in [0.2, 0.25) is 0 Å². The van der Waals surface area contributed by atoms with Crippen LogP contribution in [0.5, 0.6) is 11.5 Å². The van der Waals surface area contributed by atoms with Gasteiger partial charge in [0.25, 0.3) is 0 Å². The highest BCUT2D eigenvalue weighted by Crippen LogP contribution is 2.33. The van der Waals surface area contributed by atoms with Gasteiger partial charge in [-0.2, -0.15) is 0 Å². The average Bonchev–Trinajstić information content (AvgIpc) is 3.06. The highest BCUT2D eigenvalue weighted by atomic mass is 16.5. The van der Waals surface area contributed by atoms with Crippen molar-refractivity contribution >= 4 is 0 Å². The Morgan fingerprint density at radius 1 is 1.39 bits per heavy atom. The maximum Gasteiger partial charge on any atom is 0.166 e. The molecule has 2 rings (SSSR count). The lowest BCUT2D eigenvalue weighted by atomic mass is 10.1. The predicted octanol–water partition coefficient (Wildman–Crippen LogP) is 3.83. The van der Waals surface area contributed by atoms with E-state index in [1.807, 2.05) is 38.2 Å². The lowest BCUT2D eigenvalue weighted by Gasteiger charge is -2.24. The normalized spacial score (nSPS) is 12.2. The van der Waals surface area contributed by atoms with E-state index in [4.69, 9.17) is 14.0 Å². The standard InChI is InChI=1S/C18H24N2O3/c1-13(2)12-22-18-15(7-6-8-17(18)21-5)11-20(4)14(3)16-9-10-23-19-16/h6-10,14H,1,11-12H2,2-5H3/t14-/m0/s1. The number of aromatic nitrogens is 1. The highest BCUT2D eigenvalue weighted by molar-refractivity contribution is 5.46. The molecule has 0 N–H and O–H groups in total. The van der Waals surface area contributed by atoms with E-state index in [0.717, 1.165) is 28.3 Å². The molecule has 23 heavy (non-hydrogen) atoms. The SMILES string of the molecule is C=C(C)COc1c(CN(C)[C@@H](C)c2ccon2)cccc1OC. The molecule has 0 radical (unpaired) electrons. The number of hydrogen-bond donors (Lipinski definition) is 0. The van der Waals surface area contributed by atoms with Gasteiger partial charge in [0, 0.05) is 18.2 Å².